The van der Waals surface area contributed by atoms with Crippen molar-refractivity contribution in [3.8, 4) is 0 Å². The van der Waals surface area contributed by atoms with Gasteiger partial charge in [0.1, 0.15) is 0 Å². The standard InChI is InChI=1S/C14H27N/c1-4-14(2,3)13-8-7-11(15)9-12(13)10-5-6-10/h10-13H,4-9,15H2,1-3H3. The van der Waals surface area contributed by atoms with Gasteiger partial charge in [-0.1, -0.05) is 27.2 Å². The Hall–Kier alpha value is -0.0400. The molecule has 0 aliphatic heterocycles. The first kappa shape index (κ1) is 11.4. The minimum absolute atomic E-state index is 0.500. The van der Waals surface area contributed by atoms with Gasteiger partial charge in [0.2, 0.25) is 0 Å². The van der Waals surface area contributed by atoms with Gasteiger partial charge in [-0.05, 0) is 55.3 Å². The summed E-state index contributed by atoms with van der Waals surface area (Å²) in [5.41, 5.74) is 6.67. The van der Waals surface area contributed by atoms with Crippen molar-refractivity contribution in [2.75, 3.05) is 0 Å². The quantitative estimate of drug-likeness (QED) is 0.755. The normalized spacial score (nSPS) is 38.0. The van der Waals surface area contributed by atoms with E-state index in [1.807, 2.05) is 0 Å². The van der Waals surface area contributed by atoms with Crippen LogP contribution in [-0.4, -0.2) is 6.04 Å². The molecule has 0 heterocycles. The van der Waals surface area contributed by atoms with Gasteiger partial charge in [0, 0.05) is 6.04 Å². The van der Waals surface area contributed by atoms with Crippen LogP contribution in [0.1, 0.15) is 59.3 Å². The second-order valence-electron chi connectivity index (χ2n) is 6.52. The Labute approximate surface area is 94.8 Å². The van der Waals surface area contributed by atoms with Crippen LogP contribution in [0.4, 0.5) is 0 Å². The van der Waals surface area contributed by atoms with E-state index in [4.69, 9.17) is 5.73 Å². The lowest BCUT2D eigenvalue weighted by Crippen LogP contribution is -2.40. The third-order valence-electron chi connectivity index (χ3n) is 5.08. The molecule has 0 aromatic rings. The Balaban J connectivity index is 2.07. The smallest absolute Gasteiger partial charge is 0.00417 e. The SMILES string of the molecule is CCC(C)(C)C1CCC(N)CC1C1CC1. The Bertz CT molecular complexity index is 217. The second-order valence-corrected chi connectivity index (χ2v) is 6.52. The Morgan fingerprint density at radius 1 is 1.13 bits per heavy atom. The van der Waals surface area contributed by atoms with E-state index in [1.165, 1.54) is 38.5 Å². The van der Waals surface area contributed by atoms with Gasteiger partial charge in [-0.3, -0.25) is 0 Å². The highest BCUT2D eigenvalue weighted by Gasteiger charge is 2.44. The lowest BCUT2D eigenvalue weighted by molar-refractivity contribution is 0.0675. The summed E-state index contributed by atoms with van der Waals surface area (Å²) in [4.78, 5) is 0. The molecule has 0 radical (unpaired) electrons. The summed E-state index contributed by atoms with van der Waals surface area (Å²) < 4.78 is 0. The van der Waals surface area contributed by atoms with E-state index in [0.29, 0.717) is 11.5 Å². The van der Waals surface area contributed by atoms with Crippen molar-refractivity contribution in [3.63, 3.8) is 0 Å². The van der Waals surface area contributed by atoms with Crippen molar-refractivity contribution >= 4 is 0 Å². The Morgan fingerprint density at radius 3 is 2.33 bits per heavy atom. The van der Waals surface area contributed by atoms with E-state index in [1.54, 1.807) is 0 Å². The topological polar surface area (TPSA) is 26.0 Å². The summed E-state index contributed by atoms with van der Waals surface area (Å²) in [5, 5.41) is 0. The van der Waals surface area contributed by atoms with E-state index in [0.717, 1.165) is 17.8 Å². The fourth-order valence-electron chi connectivity index (χ4n) is 3.52. The molecule has 1 nitrogen and oxygen atoms in total. The van der Waals surface area contributed by atoms with Crippen molar-refractivity contribution in [3.05, 3.63) is 0 Å². The molecule has 88 valence electrons. The van der Waals surface area contributed by atoms with E-state index in [-0.39, 0.29) is 0 Å². The maximum atomic E-state index is 6.14. The van der Waals surface area contributed by atoms with Gasteiger partial charge in [0.05, 0.1) is 0 Å². The Morgan fingerprint density at radius 2 is 1.80 bits per heavy atom. The maximum Gasteiger partial charge on any atom is 0.00417 e. The van der Waals surface area contributed by atoms with E-state index < -0.39 is 0 Å². The highest BCUT2D eigenvalue weighted by Crippen LogP contribution is 2.52. The van der Waals surface area contributed by atoms with Crippen LogP contribution in [0.5, 0.6) is 0 Å². The predicted octanol–water partition coefficient (Wildman–Crippen LogP) is 3.58. The molecule has 2 N–H and O–H groups in total. The Kier molecular flexibility index (Phi) is 3.12. The third kappa shape index (κ3) is 2.38. The van der Waals surface area contributed by atoms with Gasteiger partial charge in [-0.15, -0.1) is 0 Å². The largest absolute Gasteiger partial charge is 0.328 e. The summed E-state index contributed by atoms with van der Waals surface area (Å²) in [6.07, 6.45) is 8.22. The van der Waals surface area contributed by atoms with Crippen LogP contribution in [0.3, 0.4) is 0 Å². The van der Waals surface area contributed by atoms with Gasteiger partial charge in [-0.2, -0.15) is 0 Å². The first-order valence-corrected chi connectivity index (χ1v) is 6.80. The molecular formula is C14H27N. The minimum atomic E-state index is 0.500. The van der Waals surface area contributed by atoms with Gasteiger partial charge >= 0.3 is 0 Å². The van der Waals surface area contributed by atoms with Gasteiger partial charge < -0.3 is 5.73 Å². The third-order valence-corrected chi connectivity index (χ3v) is 5.08. The molecule has 2 aliphatic rings. The summed E-state index contributed by atoms with van der Waals surface area (Å²) >= 11 is 0. The van der Waals surface area contributed by atoms with Gasteiger partial charge in [0.15, 0.2) is 0 Å². The van der Waals surface area contributed by atoms with E-state index in [2.05, 4.69) is 20.8 Å². The molecule has 3 atom stereocenters. The average molecular weight is 209 g/mol. The zero-order valence-corrected chi connectivity index (χ0v) is 10.6. The molecule has 2 aliphatic carbocycles. The lowest BCUT2D eigenvalue weighted by atomic mass is 9.62. The molecule has 2 rings (SSSR count). The first-order chi connectivity index (χ1) is 7.04. The van der Waals surface area contributed by atoms with Crippen LogP contribution in [0, 0.1) is 23.2 Å². The molecule has 3 unspecified atom stereocenters. The molecule has 0 bridgehead atoms. The zero-order chi connectivity index (χ0) is 11.1. The second kappa shape index (κ2) is 4.08. The molecule has 2 fully saturated rings. The van der Waals surface area contributed by atoms with Gasteiger partial charge in [0.25, 0.3) is 0 Å². The summed E-state index contributed by atoms with van der Waals surface area (Å²) in [6.45, 7) is 7.27. The van der Waals surface area contributed by atoms with Crippen LogP contribution in [0.15, 0.2) is 0 Å². The summed E-state index contributed by atoms with van der Waals surface area (Å²) in [7, 11) is 0. The number of nitrogens with two attached hydrogens (primary N) is 1. The van der Waals surface area contributed by atoms with Crippen LogP contribution in [0.25, 0.3) is 0 Å². The average Bonchev–Trinajstić information content (AvgIpc) is 3.00. The highest BCUT2D eigenvalue weighted by molar-refractivity contribution is 4.95. The summed E-state index contributed by atoms with van der Waals surface area (Å²) in [6, 6.07) is 0.500. The monoisotopic (exact) mass is 209 g/mol. The van der Waals surface area contributed by atoms with Crippen LogP contribution < -0.4 is 5.73 Å². The number of hydrogen-bond donors (Lipinski definition) is 1. The molecule has 2 saturated carbocycles. The number of hydrogen-bond acceptors (Lipinski definition) is 1. The fraction of sp³-hybridized carbons (Fsp3) is 1.00. The van der Waals surface area contributed by atoms with Crippen molar-refractivity contribution in [1.29, 1.82) is 0 Å². The van der Waals surface area contributed by atoms with E-state index >= 15 is 0 Å². The lowest BCUT2D eigenvalue weighted by Gasteiger charge is -2.44. The molecule has 0 aromatic heterocycles. The summed E-state index contributed by atoms with van der Waals surface area (Å²) in [5.74, 6) is 2.92. The first-order valence-electron chi connectivity index (χ1n) is 6.80. The maximum absolute atomic E-state index is 6.14. The zero-order valence-electron chi connectivity index (χ0n) is 10.6. The molecule has 0 spiro atoms. The molecule has 0 saturated heterocycles. The van der Waals surface area contributed by atoms with Crippen molar-refractivity contribution < 1.29 is 0 Å². The van der Waals surface area contributed by atoms with E-state index in [9.17, 15) is 0 Å². The van der Waals surface area contributed by atoms with Crippen LogP contribution in [-0.2, 0) is 0 Å². The van der Waals surface area contributed by atoms with Crippen LogP contribution in [0.2, 0.25) is 0 Å². The molecule has 15 heavy (non-hydrogen) atoms. The van der Waals surface area contributed by atoms with Crippen molar-refractivity contribution in [1.82, 2.24) is 0 Å². The molecule has 1 heteroatoms. The minimum Gasteiger partial charge on any atom is -0.328 e. The molecule has 0 aromatic carbocycles. The molecular weight excluding hydrogens is 182 g/mol. The predicted molar refractivity (Wildman–Crippen MR) is 65.6 cm³/mol. The van der Waals surface area contributed by atoms with Gasteiger partial charge in [-0.25, -0.2) is 0 Å². The van der Waals surface area contributed by atoms with Crippen molar-refractivity contribution in [2.45, 2.75) is 65.3 Å². The number of rotatable bonds is 3. The fourth-order valence-corrected chi connectivity index (χ4v) is 3.52. The van der Waals surface area contributed by atoms with Crippen LogP contribution >= 0.6 is 0 Å². The molecule has 0 amide bonds. The highest BCUT2D eigenvalue weighted by atomic mass is 14.7. The van der Waals surface area contributed by atoms with Crippen molar-refractivity contribution in [2.24, 2.45) is 28.9 Å².